The Bertz CT molecular complexity index is 1100. The Labute approximate surface area is 167 Å². The fraction of sp³-hybridized carbons (Fsp3) is 0.227. The number of cyclic esters (lactones) is 1. The topological polar surface area (TPSA) is 75.3 Å². The van der Waals surface area contributed by atoms with Crippen LogP contribution in [0.5, 0.6) is 23.0 Å². The molecule has 3 aliphatic heterocycles. The number of benzene rings is 2. The van der Waals surface area contributed by atoms with Crippen molar-refractivity contribution in [2.45, 2.75) is 5.92 Å². The van der Waals surface area contributed by atoms with Crippen molar-refractivity contribution >= 4 is 11.7 Å². The SMILES string of the molecule is C#CCOc1ccc([C@@H]2C3=C(COC3=O)Nc3cc4c(cc32)OCO4)cc1OC. The highest BCUT2D eigenvalue weighted by molar-refractivity contribution is 5.97. The number of ether oxygens (including phenoxy) is 5. The molecule has 3 aliphatic rings. The van der Waals surface area contributed by atoms with Crippen molar-refractivity contribution in [2.75, 3.05) is 32.4 Å². The fourth-order valence-electron chi connectivity index (χ4n) is 3.88. The molecule has 0 unspecified atom stereocenters. The zero-order valence-corrected chi connectivity index (χ0v) is 15.6. The number of fused-ring (bicyclic) bond motifs is 2. The van der Waals surface area contributed by atoms with Crippen molar-refractivity contribution < 1.29 is 28.5 Å². The molecule has 7 heteroatoms. The quantitative estimate of drug-likeness (QED) is 0.635. The summed E-state index contributed by atoms with van der Waals surface area (Å²) in [5.74, 6) is 4.14. The first-order chi connectivity index (χ1) is 14.2. The van der Waals surface area contributed by atoms with Gasteiger partial charge in [0.2, 0.25) is 6.79 Å². The minimum Gasteiger partial charge on any atom is -0.493 e. The molecule has 2 aromatic carbocycles. The second-order valence-corrected chi connectivity index (χ2v) is 6.72. The molecule has 0 fully saturated rings. The molecule has 0 saturated heterocycles. The molecule has 1 atom stereocenters. The van der Waals surface area contributed by atoms with E-state index in [2.05, 4.69) is 11.2 Å². The van der Waals surface area contributed by atoms with Gasteiger partial charge in [-0.1, -0.05) is 12.0 Å². The number of terminal acetylenes is 1. The third kappa shape index (κ3) is 2.72. The lowest BCUT2D eigenvalue weighted by molar-refractivity contribution is -0.136. The number of carbonyl (C=O) groups excluding carboxylic acids is 1. The monoisotopic (exact) mass is 391 g/mol. The number of carbonyl (C=O) groups is 1. The summed E-state index contributed by atoms with van der Waals surface area (Å²) < 4.78 is 27.4. The number of rotatable bonds is 4. The van der Waals surface area contributed by atoms with Crippen molar-refractivity contribution in [2.24, 2.45) is 0 Å². The molecule has 0 bridgehead atoms. The average Bonchev–Trinajstić information content (AvgIpc) is 3.35. The lowest BCUT2D eigenvalue weighted by atomic mass is 9.81. The van der Waals surface area contributed by atoms with Gasteiger partial charge in [0.15, 0.2) is 23.0 Å². The van der Waals surface area contributed by atoms with Crippen LogP contribution in [0.1, 0.15) is 17.0 Å². The van der Waals surface area contributed by atoms with Crippen molar-refractivity contribution in [3.63, 3.8) is 0 Å². The number of methoxy groups -OCH3 is 1. The molecule has 0 radical (unpaired) electrons. The zero-order chi connectivity index (χ0) is 20.0. The number of nitrogens with one attached hydrogen (secondary N) is 1. The minimum atomic E-state index is -0.346. The largest absolute Gasteiger partial charge is 0.493 e. The fourth-order valence-corrected chi connectivity index (χ4v) is 3.88. The van der Waals surface area contributed by atoms with E-state index in [9.17, 15) is 4.79 Å². The third-order valence-corrected chi connectivity index (χ3v) is 5.15. The number of esters is 1. The highest BCUT2D eigenvalue weighted by Gasteiger charge is 2.39. The molecule has 0 aliphatic carbocycles. The summed E-state index contributed by atoms with van der Waals surface area (Å²) in [5, 5.41) is 3.31. The van der Waals surface area contributed by atoms with Crippen LogP contribution in [0.2, 0.25) is 0 Å². The highest BCUT2D eigenvalue weighted by Crippen LogP contribution is 2.49. The summed E-state index contributed by atoms with van der Waals surface area (Å²) >= 11 is 0. The maximum Gasteiger partial charge on any atom is 0.337 e. The average molecular weight is 391 g/mol. The summed E-state index contributed by atoms with van der Waals surface area (Å²) in [6, 6.07) is 9.33. The van der Waals surface area contributed by atoms with E-state index in [1.54, 1.807) is 13.2 Å². The molecule has 0 spiro atoms. The number of anilines is 1. The molecule has 1 N–H and O–H groups in total. The van der Waals surface area contributed by atoms with Crippen LogP contribution in [0.3, 0.4) is 0 Å². The molecular weight excluding hydrogens is 374 g/mol. The van der Waals surface area contributed by atoms with Gasteiger partial charge in [-0.25, -0.2) is 4.79 Å². The predicted molar refractivity (Wildman–Crippen MR) is 103 cm³/mol. The van der Waals surface area contributed by atoms with Crippen molar-refractivity contribution in [1.29, 1.82) is 0 Å². The van der Waals surface area contributed by atoms with Crippen LogP contribution in [0.25, 0.3) is 0 Å². The Hall–Kier alpha value is -3.79. The van der Waals surface area contributed by atoms with E-state index >= 15 is 0 Å². The molecule has 0 saturated carbocycles. The third-order valence-electron chi connectivity index (χ3n) is 5.15. The minimum absolute atomic E-state index is 0.136. The van der Waals surface area contributed by atoms with Crippen LogP contribution >= 0.6 is 0 Å². The van der Waals surface area contributed by atoms with Gasteiger partial charge >= 0.3 is 5.97 Å². The molecule has 2 aromatic rings. The van der Waals surface area contributed by atoms with E-state index in [1.807, 2.05) is 24.3 Å². The summed E-state index contributed by atoms with van der Waals surface area (Å²) in [6.07, 6.45) is 5.28. The summed E-state index contributed by atoms with van der Waals surface area (Å²) in [6.45, 7) is 0.517. The molecular formula is C22H17NO6. The van der Waals surface area contributed by atoms with Crippen LogP contribution in [-0.2, 0) is 9.53 Å². The van der Waals surface area contributed by atoms with Crippen molar-refractivity contribution in [3.8, 4) is 35.3 Å². The zero-order valence-electron chi connectivity index (χ0n) is 15.6. The van der Waals surface area contributed by atoms with Gasteiger partial charge in [-0.15, -0.1) is 6.42 Å². The summed E-state index contributed by atoms with van der Waals surface area (Å²) in [5.41, 5.74) is 3.94. The summed E-state index contributed by atoms with van der Waals surface area (Å²) in [7, 11) is 1.56. The molecule has 0 amide bonds. The molecule has 5 rings (SSSR count). The Morgan fingerprint density at radius 1 is 1.17 bits per heavy atom. The standard InChI is InChI=1S/C22H17NO6/c1-3-6-26-16-5-4-12(7-17(16)25-2)20-13-8-18-19(29-11-28-18)9-14(13)23-15-10-27-22(24)21(15)20/h1,4-5,7-9,20,23H,6,10-11H2,2H3/t20-/m0/s1. The van der Waals surface area contributed by atoms with Crippen LogP contribution in [0.15, 0.2) is 41.6 Å². The first-order valence-electron chi connectivity index (χ1n) is 9.04. The lowest BCUT2D eigenvalue weighted by Crippen LogP contribution is -2.20. The lowest BCUT2D eigenvalue weighted by Gasteiger charge is -2.28. The van der Waals surface area contributed by atoms with Crippen LogP contribution in [0.4, 0.5) is 5.69 Å². The number of hydrogen-bond acceptors (Lipinski definition) is 7. The van der Waals surface area contributed by atoms with Gasteiger partial charge in [-0.05, 0) is 29.3 Å². The first-order valence-corrected chi connectivity index (χ1v) is 9.04. The van der Waals surface area contributed by atoms with Crippen LogP contribution < -0.4 is 24.3 Å². The van der Waals surface area contributed by atoms with E-state index in [-0.39, 0.29) is 31.9 Å². The molecule has 29 heavy (non-hydrogen) atoms. The molecule has 3 heterocycles. The van der Waals surface area contributed by atoms with Gasteiger partial charge in [-0.3, -0.25) is 0 Å². The van der Waals surface area contributed by atoms with Crippen molar-refractivity contribution in [1.82, 2.24) is 0 Å². The summed E-state index contributed by atoms with van der Waals surface area (Å²) in [4.78, 5) is 12.5. The van der Waals surface area contributed by atoms with Crippen molar-refractivity contribution in [3.05, 3.63) is 52.7 Å². The Morgan fingerprint density at radius 2 is 2.00 bits per heavy atom. The van der Waals surface area contributed by atoms with E-state index in [0.29, 0.717) is 28.6 Å². The maximum atomic E-state index is 12.5. The van der Waals surface area contributed by atoms with Gasteiger partial charge in [0.05, 0.1) is 18.4 Å². The second kappa shape index (κ2) is 6.67. The normalized spacial score (nSPS) is 18.3. The van der Waals surface area contributed by atoms with E-state index in [0.717, 1.165) is 22.5 Å². The Balaban J connectivity index is 1.65. The highest BCUT2D eigenvalue weighted by atomic mass is 16.7. The molecule has 0 aromatic heterocycles. The van der Waals surface area contributed by atoms with Gasteiger partial charge in [0.1, 0.15) is 13.2 Å². The van der Waals surface area contributed by atoms with E-state index in [1.165, 1.54) is 0 Å². The van der Waals surface area contributed by atoms with E-state index < -0.39 is 0 Å². The van der Waals surface area contributed by atoms with E-state index in [4.69, 9.17) is 30.1 Å². The number of hydrogen-bond donors (Lipinski definition) is 1. The second-order valence-electron chi connectivity index (χ2n) is 6.72. The van der Waals surface area contributed by atoms with Gasteiger partial charge in [0, 0.05) is 17.7 Å². The Morgan fingerprint density at radius 3 is 2.79 bits per heavy atom. The molecule has 146 valence electrons. The predicted octanol–water partition coefficient (Wildman–Crippen LogP) is 2.80. The Kier molecular flexibility index (Phi) is 3.98. The van der Waals surface area contributed by atoms with Gasteiger partial charge in [0.25, 0.3) is 0 Å². The molecule has 7 nitrogen and oxygen atoms in total. The van der Waals surface area contributed by atoms with Gasteiger partial charge in [-0.2, -0.15) is 0 Å². The van der Waals surface area contributed by atoms with Gasteiger partial charge < -0.3 is 29.0 Å². The maximum absolute atomic E-state index is 12.5. The van der Waals surface area contributed by atoms with Crippen LogP contribution in [-0.4, -0.2) is 33.1 Å². The smallest absolute Gasteiger partial charge is 0.337 e. The first kappa shape index (κ1) is 17.3. The van der Waals surface area contributed by atoms with Crippen LogP contribution in [0, 0.1) is 12.3 Å².